The lowest BCUT2D eigenvalue weighted by Gasteiger charge is -2.21. The molecule has 7 heteroatoms. The summed E-state index contributed by atoms with van der Waals surface area (Å²) in [4.78, 5) is 20.7. The molecule has 0 bridgehead atoms. The topological polar surface area (TPSA) is 45.7 Å². The quantitative estimate of drug-likeness (QED) is 0.502. The van der Waals surface area contributed by atoms with Crippen LogP contribution >= 0.6 is 0 Å². The fourth-order valence-corrected chi connectivity index (χ4v) is 3.71. The van der Waals surface area contributed by atoms with E-state index >= 15 is 0 Å². The van der Waals surface area contributed by atoms with Crippen molar-refractivity contribution in [3.05, 3.63) is 95.8 Å². The van der Waals surface area contributed by atoms with E-state index in [-0.39, 0.29) is 17.5 Å². The number of halogens is 2. The Morgan fingerprint density at radius 2 is 1.88 bits per heavy atom. The number of carbonyl (C=O) groups is 1. The average Bonchev–Trinajstić information content (AvgIpc) is 3.07. The highest BCUT2D eigenvalue weighted by molar-refractivity contribution is 5.91. The van der Waals surface area contributed by atoms with Gasteiger partial charge in [-0.05, 0) is 60.0 Å². The fourth-order valence-electron chi connectivity index (χ4n) is 3.71. The number of hydrogen-bond donors (Lipinski definition) is 0. The van der Waals surface area contributed by atoms with Crippen LogP contribution in [0.2, 0.25) is 0 Å². The van der Waals surface area contributed by atoms with E-state index in [1.807, 2.05) is 0 Å². The van der Waals surface area contributed by atoms with Crippen LogP contribution in [-0.4, -0.2) is 46.9 Å². The van der Waals surface area contributed by atoms with E-state index in [2.05, 4.69) is 9.88 Å². The number of pyridine rings is 1. The molecule has 0 atom stereocenters. The zero-order chi connectivity index (χ0) is 23.0. The zero-order valence-electron chi connectivity index (χ0n) is 18.2. The van der Waals surface area contributed by atoms with Crippen LogP contribution in [-0.2, 0) is 11.3 Å². The van der Waals surface area contributed by atoms with Crippen LogP contribution in [0.15, 0.2) is 73.1 Å². The minimum atomic E-state index is -0.514. The number of carbonyl (C=O) groups excluding carboxylic acids is 1. The first-order valence-electron chi connectivity index (χ1n) is 10.9. The number of aromatic nitrogens is 1. The Morgan fingerprint density at radius 1 is 1.03 bits per heavy atom. The van der Waals surface area contributed by atoms with Gasteiger partial charge in [0.2, 0.25) is 5.91 Å². The van der Waals surface area contributed by atoms with E-state index in [4.69, 9.17) is 4.74 Å². The van der Waals surface area contributed by atoms with Crippen molar-refractivity contribution in [3.63, 3.8) is 0 Å². The van der Waals surface area contributed by atoms with Gasteiger partial charge in [-0.1, -0.05) is 18.2 Å². The second-order valence-corrected chi connectivity index (χ2v) is 7.90. The van der Waals surface area contributed by atoms with Crippen LogP contribution in [0.25, 0.3) is 6.08 Å². The molecule has 1 amide bonds. The van der Waals surface area contributed by atoms with Crippen molar-refractivity contribution in [1.82, 2.24) is 14.8 Å². The summed E-state index contributed by atoms with van der Waals surface area (Å²) in [6.45, 7) is 3.61. The summed E-state index contributed by atoms with van der Waals surface area (Å²) in [5.41, 5.74) is 1.63. The van der Waals surface area contributed by atoms with Gasteiger partial charge in [-0.15, -0.1) is 0 Å². The molecule has 1 aliphatic rings. The number of ether oxygens (including phenoxy) is 1. The van der Waals surface area contributed by atoms with Crippen molar-refractivity contribution in [2.45, 2.75) is 13.0 Å². The van der Waals surface area contributed by atoms with Crippen LogP contribution in [0.1, 0.15) is 17.5 Å². The Kier molecular flexibility index (Phi) is 7.42. The smallest absolute Gasteiger partial charge is 0.246 e. The number of rotatable bonds is 6. The van der Waals surface area contributed by atoms with E-state index in [0.29, 0.717) is 24.4 Å². The van der Waals surface area contributed by atoms with Gasteiger partial charge in [-0.2, -0.15) is 0 Å². The second-order valence-electron chi connectivity index (χ2n) is 7.90. The van der Waals surface area contributed by atoms with Crippen LogP contribution < -0.4 is 4.74 Å². The molecule has 2 aromatic carbocycles. The number of nitrogens with zero attached hydrogens (tertiary/aromatic N) is 3. The number of benzene rings is 2. The molecular weight excluding hydrogens is 424 g/mol. The summed E-state index contributed by atoms with van der Waals surface area (Å²) < 4.78 is 33.0. The molecule has 1 fully saturated rings. The Morgan fingerprint density at radius 3 is 2.64 bits per heavy atom. The maximum Gasteiger partial charge on any atom is 0.246 e. The van der Waals surface area contributed by atoms with Crippen molar-refractivity contribution < 1.29 is 18.3 Å². The van der Waals surface area contributed by atoms with Crippen LogP contribution in [0.4, 0.5) is 8.78 Å². The summed E-state index contributed by atoms with van der Waals surface area (Å²) in [5, 5.41) is 0. The van der Waals surface area contributed by atoms with Gasteiger partial charge in [0, 0.05) is 45.0 Å². The molecule has 0 radical (unpaired) electrons. The van der Waals surface area contributed by atoms with Gasteiger partial charge in [0.15, 0.2) is 11.6 Å². The monoisotopic (exact) mass is 449 g/mol. The molecule has 1 aliphatic heterocycles. The number of hydrogen-bond acceptors (Lipinski definition) is 4. The third-order valence-electron chi connectivity index (χ3n) is 5.46. The lowest BCUT2D eigenvalue weighted by atomic mass is 10.2. The van der Waals surface area contributed by atoms with Crippen molar-refractivity contribution >= 4 is 12.0 Å². The predicted molar refractivity (Wildman–Crippen MR) is 123 cm³/mol. The highest BCUT2D eigenvalue weighted by Crippen LogP contribution is 2.25. The van der Waals surface area contributed by atoms with E-state index < -0.39 is 5.82 Å². The van der Waals surface area contributed by atoms with Crippen molar-refractivity contribution in [3.8, 4) is 11.5 Å². The molecule has 0 saturated carbocycles. The Bertz CT molecular complexity index is 1100. The van der Waals surface area contributed by atoms with Crippen LogP contribution in [0, 0.1) is 11.6 Å². The van der Waals surface area contributed by atoms with Gasteiger partial charge in [0.1, 0.15) is 11.6 Å². The first-order chi connectivity index (χ1) is 16.1. The fraction of sp³-hybridized carbons (Fsp3) is 0.231. The highest BCUT2D eigenvalue weighted by atomic mass is 19.1. The summed E-state index contributed by atoms with van der Waals surface area (Å²) in [5.74, 6) is -0.312. The van der Waals surface area contributed by atoms with E-state index in [9.17, 15) is 13.6 Å². The Labute approximate surface area is 191 Å². The largest absolute Gasteiger partial charge is 0.453 e. The maximum atomic E-state index is 14.4. The predicted octanol–water partition coefficient (Wildman–Crippen LogP) is 4.90. The maximum absolute atomic E-state index is 14.4. The van der Waals surface area contributed by atoms with Crippen LogP contribution in [0.5, 0.6) is 11.5 Å². The number of amides is 1. The lowest BCUT2D eigenvalue weighted by Crippen LogP contribution is -2.34. The molecule has 2 heterocycles. The van der Waals surface area contributed by atoms with E-state index in [1.54, 1.807) is 47.5 Å². The molecule has 170 valence electrons. The van der Waals surface area contributed by atoms with E-state index in [1.165, 1.54) is 36.5 Å². The molecule has 33 heavy (non-hydrogen) atoms. The molecule has 0 spiro atoms. The minimum absolute atomic E-state index is 0.0974. The molecule has 0 N–H and O–H groups in total. The van der Waals surface area contributed by atoms with Gasteiger partial charge >= 0.3 is 0 Å². The summed E-state index contributed by atoms with van der Waals surface area (Å²) in [6.07, 6.45) is 7.07. The third-order valence-corrected chi connectivity index (χ3v) is 5.46. The molecular formula is C26H25F2N3O2. The van der Waals surface area contributed by atoms with Gasteiger partial charge in [0.25, 0.3) is 0 Å². The van der Waals surface area contributed by atoms with Crippen molar-refractivity contribution in [1.29, 1.82) is 0 Å². The van der Waals surface area contributed by atoms with Crippen LogP contribution in [0.3, 0.4) is 0 Å². The molecule has 5 nitrogen and oxygen atoms in total. The van der Waals surface area contributed by atoms with Gasteiger partial charge in [-0.3, -0.25) is 14.7 Å². The molecule has 0 unspecified atom stereocenters. The molecule has 0 aliphatic carbocycles. The average molecular weight is 450 g/mol. The first kappa shape index (κ1) is 22.6. The highest BCUT2D eigenvalue weighted by Gasteiger charge is 2.18. The zero-order valence-corrected chi connectivity index (χ0v) is 18.2. The van der Waals surface area contributed by atoms with Gasteiger partial charge in [-0.25, -0.2) is 8.78 Å². The molecule has 4 rings (SSSR count). The first-order valence-corrected chi connectivity index (χ1v) is 10.9. The standard InChI is InChI=1S/C26H25F2N3O2/c27-22-8-4-21(5-9-22)19-30-13-2-14-31(16-15-30)26(32)11-7-20-6-10-25(24(28)17-20)33-23-3-1-12-29-18-23/h1,3-12,17-18H,2,13-16,19H2/b11-7+. The Hall–Kier alpha value is -3.58. The van der Waals surface area contributed by atoms with Crippen molar-refractivity contribution in [2.24, 2.45) is 0 Å². The lowest BCUT2D eigenvalue weighted by molar-refractivity contribution is -0.125. The third kappa shape index (κ3) is 6.46. The molecule has 1 saturated heterocycles. The SMILES string of the molecule is O=C(/C=C/c1ccc(Oc2cccnc2)c(F)c1)N1CCCN(Cc2ccc(F)cc2)CC1. The van der Waals surface area contributed by atoms with Gasteiger partial charge < -0.3 is 9.64 Å². The summed E-state index contributed by atoms with van der Waals surface area (Å²) in [7, 11) is 0. The summed E-state index contributed by atoms with van der Waals surface area (Å²) in [6, 6.07) is 14.5. The minimum Gasteiger partial charge on any atom is -0.453 e. The molecule has 3 aromatic rings. The van der Waals surface area contributed by atoms with Crippen molar-refractivity contribution in [2.75, 3.05) is 26.2 Å². The summed E-state index contributed by atoms with van der Waals surface area (Å²) >= 11 is 0. The molecule has 1 aromatic heterocycles. The Balaban J connectivity index is 1.31. The van der Waals surface area contributed by atoms with Gasteiger partial charge in [0.05, 0.1) is 6.20 Å². The second kappa shape index (κ2) is 10.8. The van der Waals surface area contributed by atoms with E-state index in [0.717, 1.165) is 31.6 Å². The normalized spacial score (nSPS) is 14.9.